The number of amides is 1. The minimum Gasteiger partial charge on any atom is -0.450 e. The molecule has 0 bridgehead atoms. The Balaban J connectivity index is 2.02. The summed E-state index contributed by atoms with van der Waals surface area (Å²) >= 11 is 6.14. The number of carbonyl (C=O) groups is 1. The van der Waals surface area contributed by atoms with Crippen LogP contribution in [0.1, 0.15) is 41.1 Å². The number of hydrogen-bond acceptors (Lipinski definition) is 3. The fraction of sp³-hybridized carbons (Fsp3) is 0.200. The van der Waals surface area contributed by atoms with Gasteiger partial charge in [0.15, 0.2) is 5.43 Å². The van der Waals surface area contributed by atoms with Gasteiger partial charge in [0.2, 0.25) is 5.76 Å². The van der Waals surface area contributed by atoms with Gasteiger partial charge in [-0.3, -0.25) is 9.59 Å². The molecular weight excluding hydrogens is 338 g/mol. The number of rotatable bonds is 3. The lowest BCUT2D eigenvalue weighted by molar-refractivity contribution is 0.0728. The lowest BCUT2D eigenvalue weighted by atomic mass is 9.98. The van der Waals surface area contributed by atoms with Crippen LogP contribution in [0, 0.1) is 0 Å². The molecule has 0 radical (unpaired) electrons. The van der Waals surface area contributed by atoms with Gasteiger partial charge in [-0.1, -0.05) is 42.8 Å². The van der Waals surface area contributed by atoms with E-state index in [1.165, 1.54) is 0 Å². The Hall–Kier alpha value is -2.59. The van der Waals surface area contributed by atoms with Crippen molar-refractivity contribution in [3.05, 3.63) is 80.7 Å². The molecule has 2 aromatic carbocycles. The van der Waals surface area contributed by atoms with E-state index in [9.17, 15) is 9.59 Å². The maximum Gasteiger partial charge on any atom is 0.290 e. The molecule has 5 heteroatoms. The Bertz CT molecular complexity index is 1040. The number of nitrogens with zero attached hydrogens (tertiary/aromatic N) is 1. The Kier molecular flexibility index (Phi) is 3.85. The van der Waals surface area contributed by atoms with E-state index in [0.717, 1.165) is 12.0 Å². The van der Waals surface area contributed by atoms with Crippen molar-refractivity contribution in [3.8, 4) is 0 Å². The van der Waals surface area contributed by atoms with E-state index in [1.54, 1.807) is 41.3 Å². The summed E-state index contributed by atoms with van der Waals surface area (Å²) in [5, 5.41) is 1.06. The van der Waals surface area contributed by atoms with Crippen LogP contribution in [-0.2, 0) is 0 Å². The molecule has 4 rings (SSSR count). The SMILES string of the molecule is CCCN1C(=O)c2oc3ccccc3c(=O)c2C1c1cccc(Cl)c1. The Morgan fingerprint density at radius 2 is 1.92 bits per heavy atom. The van der Waals surface area contributed by atoms with Crippen LogP contribution in [0.25, 0.3) is 11.0 Å². The number of fused-ring (bicyclic) bond motifs is 2. The summed E-state index contributed by atoms with van der Waals surface area (Å²) in [6.07, 6.45) is 0.782. The second kappa shape index (κ2) is 6.05. The van der Waals surface area contributed by atoms with E-state index in [0.29, 0.717) is 28.1 Å². The third-order valence-electron chi connectivity index (χ3n) is 4.50. The average molecular weight is 354 g/mol. The Labute approximate surface area is 149 Å². The fourth-order valence-corrected chi connectivity index (χ4v) is 3.66. The van der Waals surface area contributed by atoms with Gasteiger partial charge < -0.3 is 9.32 Å². The molecular formula is C20H16ClNO3. The molecule has 1 unspecified atom stereocenters. The molecule has 1 aliphatic heterocycles. The molecule has 0 fully saturated rings. The van der Waals surface area contributed by atoms with E-state index in [4.69, 9.17) is 16.0 Å². The molecule has 1 aliphatic rings. The van der Waals surface area contributed by atoms with Crippen molar-refractivity contribution in [1.29, 1.82) is 0 Å². The number of hydrogen-bond donors (Lipinski definition) is 0. The molecule has 0 N–H and O–H groups in total. The molecule has 25 heavy (non-hydrogen) atoms. The number of halogens is 1. The Morgan fingerprint density at radius 3 is 2.68 bits per heavy atom. The van der Waals surface area contributed by atoms with Gasteiger partial charge in [-0.15, -0.1) is 0 Å². The van der Waals surface area contributed by atoms with Crippen LogP contribution in [-0.4, -0.2) is 17.4 Å². The monoisotopic (exact) mass is 353 g/mol. The highest BCUT2D eigenvalue weighted by Gasteiger charge is 2.42. The lowest BCUT2D eigenvalue weighted by Gasteiger charge is -2.24. The molecule has 0 saturated carbocycles. The summed E-state index contributed by atoms with van der Waals surface area (Å²) in [4.78, 5) is 27.7. The number of para-hydroxylation sites is 1. The topological polar surface area (TPSA) is 50.5 Å². The van der Waals surface area contributed by atoms with Crippen molar-refractivity contribution in [3.63, 3.8) is 0 Å². The highest BCUT2D eigenvalue weighted by atomic mass is 35.5. The maximum absolute atomic E-state index is 13.1. The van der Waals surface area contributed by atoms with Crippen molar-refractivity contribution in [2.45, 2.75) is 19.4 Å². The van der Waals surface area contributed by atoms with Crippen LogP contribution in [0.15, 0.2) is 57.7 Å². The molecule has 126 valence electrons. The molecule has 0 spiro atoms. The zero-order valence-corrected chi connectivity index (χ0v) is 14.4. The van der Waals surface area contributed by atoms with Gasteiger partial charge >= 0.3 is 0 Å². The van der Waals surface area contributed by atoms with Gasteiger partial charge in [0.25, 0.3) is 5.91 Å². The molecule has 1 atom stereocenters. The van der Waals surface area contributed by atoms with Crippen LogP contribution in [0.4, 0.5) is 0 Å². The first-order valence-corrected chi connectivity index (χ1v) is 8.61. The van der Waals surface area contributed by atoms with Gasteiger partial charge in [-0.2, -0.15) is 0 Å². The van der Waals surface area contributed by atoms with Gasteiger partial charge in [0.05, 0.1) is 17.0 Å². The zero-order valence-electron chi connectivity index (χ0n) is 13.7. The van der Waals surface area contributed by atoms with Crippen molar-refractivity contribution in [1.82, 2.24) is 4.90 Å². The maximum atomic E-state index is 13.1. The van der Waals surface area contributed by atoms with Crippen LogP contribution >= 0.6 is 11.6 Å². The number of carbonyl (C=O) groups excluding carboxylic acids is 1. The molecule has 2 heterocycles. The summed E-state index contributed by atoms with van der Waals surface area (Å²) in [6, 6.07) is 13.8. The molecule has 1 aromatic heterocycles. The lowest BCUT2D eigenvalue weighted by Crippen LogP contribution is -2.30. The summed E-state index contributed by atoms with van der Waals surface area (Å²) < 4.78 is 5.83. The fourth-order valence-electron chi connectivity index (χ4n) is 3.46. The predicted octanol–water partition coefficient (Wildman–Crippen LogP) is 4.40. The van der Waals surface area contributed by atoms with Crippen LogP contribution in [0.5, 0.6) is 0 Å². The molecule has 3 aromatic rings. The van der Waals surface area contributed by atoms with Crippen LogP contribution in [0.3, 0.4) is 0 Å². The van der Waals surface area contributed by atoms with Crippen molar-refractivity contribution in [2.75, 3.05) is 6.54 Å². The smallest absolute Gasteiger partial charge is 0.290 e. The van der Waals surface area contributed by atoms with Crippen LogP contribution in [0.2, 0.25) is 5.02 Å². The van der Waals surface area contributed by atoms with Gasteiger partial charge in [0.1, 0.15) is 5.58 Å². The van der Waals surface area contributed by atoms with Gasteiger partial charge in [-0.05, 0) is 36.2 Å². The zero-order chi connectivity index (χ0) is 17.6. The Morgan fingerprint density at radius 1 is 1.12 bits per heavy atom. The standard InChI is InChI=1S/C20H16ClNO3/c1-2-10-22-17(12-6-5-7-13(21)11-12)16-18(23)14-8-3-4-9-15(14)25-19(16)20(22)24/h3-9,11,17H,2,10H2,1H3. The first-order chi connectivity index (χ1) is 12.1. The predicted molar refractivity (Wildman–Crippen MR) is 97.1 cm³/mol. The number of benzene rings is 2. The minimum atomic E-state index is -0.470. The molecule has 0 aliphatic carbocycles. The molecule has 1 amide bonds. The second-order valence-corrected chi connectivity index (χ2v) is 6.56. The van der Waals surface area contributed by atoms with E-state index < -0.39 is 6.04 Å². The average Bonchev–Trinajstić information content (AvgIpc) is 2.89. The minimum absolute atomic E-state index is 0.141. The summed E-state index contributed by atoms with van der Waals surface area (Å²) in [6.45, 7) is 2.53. The van der Waals surface area contributed by atoms with Crippen molar-refractivity contribution < 1.29 is 9.21 Å². The highest BCUT2D eigenvalue weighted by Crippen LogP contribution is 2.38. The quantitative estimate of drug-likeness (QED) is 0.701. The van der Waals surface area contributed by atoms with Crippen molar-refractivity contribution >= 4 is 28.5 Å². The first kappa shape index (κ1) is 15.9. The largest absolute Gasteiger partial charge is 0.450 e. The summed E-state index contributed by atoms with van der Waals surface area (Å²) in [7, 11) is 0. The normalized spacial score (nSPS) is 16.5. The van der Waals surface area contributed by atoms with E-state index in [1.807, 2.05) is 19.1 Å². The highest BCUT2D eigenvalue weighted by molar-refractivity contribution is 6.30. The first-order valence-electron chi connectivity index (χ1n) is 8.24. The third-order valence-corrected chi connectivity index (χ3v) is 4.74. The molecule has 0 saturated heterocycles. The van der Waals surface area contributed by atoms with E-state index in [2.05, 4.69) is 0 Å². The van der Waals surface area contributed by atoms with Crippen molar-refractivity contribution in [2.24, 2.45) is 0 Å². The van der Waals surface area contributed by atoms with E-state index >= 15 is 0 Å². The molecule has 4 nitrogen and oxygen atoms in total. The summed E-state index contributed by atoms with van der Waals surface area (Å²) in [5.74, 6) is -0.105. The van der Waals surface area contributed by atoms with Gasteiger partial charge in [-0.25, -0.2) is 0 Å². The van der Waals surface area contributed by atoms with E-state index in [-0.39, 0.29) is 17.1 Å². The van der Waals surface area contributed by atoms with Gasteiger partial charge in [0, 0.05) is 11.6 Å². The summed E-state index contributed by atoms with van der Waals surface area (Å²) in [5.41, 5.74) is 1.49. The second-order valence-electron chi connectivity index (χ2n) is 6.13. The van der Waals surface area contributed by atoms with Crippen LogP contribution < -0.4 is 5.43 Å². The third kappa shape index (κ3) is 2.45.